The number of nitrogens with zero attached hydrogens (tertiary/aromatic N) is 2. The van der Waals surface area contributed by atoms with Crippen LogP contribution in [0, 0.1) is 0 Å². The third-order valence-electron chi connectivity index (χ3n) is 6.28. The molecule has 33 heavy (non-hydrogen) atoms. The molecular formula is C27H24N2O4. The summed E-state index contributed by atoms with van der Waals surface area (Å²) in [6.45, 7) is 3.82. The molecule has 1 spiro atoms. The topological polar surface area (TPSA) is 59.1 Å². The molecule has 0 radical (unpaired) electrons. The second-order valence-corrected chi connectivity index (χ2v) is 8.16. The second kappa shape index (κ2) is 7.81. The minimum Gasteiger partial charge on any atom is -0.497 e. The minimum atomic E-state index is -1.62. The number of para-hydroxylation sites is 1. The number of hydrogen-bond acceptors (Lipinski definition) is 4. The fraction of sp³-hybridized carbons (Fsp3) is 0.185. The third kappa shape index (κ3) is 3.09. The standard InChI is InChI=1S/C27H24N2O4/c1-18-19(2)33-27(29(25(18)30)21-13-15-22(32-3)16-14-21)23-11-7-8-12-24(23)28(26(27)31)17-20-9-5-4-6-10-20/h4-16H,17H2,1-3H3. The van der Waals surface area contributed by atoms with E-state index in [1.54, 1.807) is 50.1 Å². The van der Waals surface area contributed by atoms with E-state index < -0.39 is 5.72 Å². The first-order valence-corrected chi connectivity index (χ1v) is 10.8. The van der Waals surface area contributed by atoms with Crippen LogP contribution in [0.3, 0.4) is 0 Å². The summed E-state index contributed by atoms with van der Waals surface area (Å²) in [5.41, 5.74) is 1.74. The zero-order valence-corrected chi connectivity index (χ0v) is 18.7. The number of ether oxygens (including phenoxy) is 2. The van der Waals surface area contributed by atoms with Crippen LogP contribution in [0.2, 0.25) is 0 Å². The van der Waals surface area contributed by atoms with Gasteiger partial charge in [0.05, 0.1) is 30.5 Å². The molecule has 2 aliphatic heterocycles. The Balaban J connectivity index is 1.70. The number of benzene rings is 3. The van der Waals surface area contributed by atoms with E-state index in [0.29, 0.717) is 34.9 Å². The Morgan fingerprint density at radius 2 is 1.55 bits per heavy atom. The number of amides is 2. The molecule has 0 fully saturated rings. The highest BCUT2D eigenvalue weighted by molar-refractivity contribution is 6.17. The van der Waals surface area contributed by atoms with Crippen LogP contribution in [0.15, 0.2) is 90.2 Å². The highest BCUT2D eigenvalue weighted by Gasteiger charge is 2.61. The smallest absolute Gasteiger partial charge is 0.298 e. The van der Waals surface area contributed by atoms with Crippen molar-refractivity contribution in [1.29, 1.82) is 0 Å². The SMILES string of the molecule is COc1ccc(N2C(=O)C(C)=C(C)OC23C(=O)N(Cc2ccccc2)c2ccccc23)cc1. The van der Waals surface area contributed by atoms with E-state index in [2.05, 4.69) is 0 Å². The molecule has 3 aromatic carbocycles. The van der Waals surface area contributed by atoms with Crippen molar-refractivity contribution >= 4 is 23.2 Å². The lowest BCUT2D eigenvalue weighted by atomic mass is 9.97. The van der Waals surface area contributed by atoms with Gasteiger partial charge in [0.25, 0.3) is 17.5 Å². The van der Waals surface area contributed by atoms with E-state index in [1.807, 2.05) is 54.6 Å². The summed E-state index contributed by atoms with van der Waals surface area (Å²) >= 11 is 0. The molecule has 0 N–H and O–H groups in total. The van der Waals surface area contributed by atoms with Crippen molar-refractivity contribution in [3.05, 3.63) is 101 Å². The van der Waals surface area contributed by atoms with Crippen molar-refractivity contribution in [3.63, 3.8) is 0 Å². The molecular weight excluding hydrogens is 416 g/mol. The Morgan fingerprint density at radius 3 is 2.24 bits per heavy atom. The zero-order valence-electron chi connectivity index (χ0n) is 18.7. The van der Waals surface area contributed by atoms with E-state index in [4.69, 9.17) is 9.47 Å². The van der Waals surface area contributed by atoms with Gasteiger partial charge in [-0.25, -0.2) is 0 Å². The highest BCUT2D eigenvalue weighted by atomic mass is 16.5. The van der Waals surface area contributed by atoms with Gasteiger partial charge in [-0.05, 0) is 49.7 Å². The lowest BCUT2D eigenvalue weighted by Crippen LogP contribution is -2.59. The predicted molar refractivity (Wildman–Crippen MR) is 126 cm³/mol. The van der Waals surface area contributed by atoms with Gasteiger partial charge in [0.2, 0.25) is 0 Å². The molecule has 0 aliphatic carbocycles. The van der Waals surface area contributed by atoms with E-state index in [0.717, 1.165) is 11.3 Å². The van der Waals surface area contributed by atoms with Crippen molar-refractivity contribution in [1.82, 2.24) is 0 Å². The summed E-state index contributed by atoms with van der Waals surface area (Å²) in [6, 6.07) is 24.4. The van der Waals surface area contributed by atoms with Crippen LogP contribution in [0.1, 0.15) is 25.0 Å². The average Bonchev–Trinajstić information content (AvgIpc) is 3.07. The molecule has 1 unspecified atom stereocenters. The summed E-state index contributed by atoms with van der Waals surface area (Å²) in [4.78, 5) is 31.0. The number of hydrogen-bond donors (Lipinski definition) is 0. The van der Waals surface area contributed by atoms with Crippen LogP contribution < -0.4 is 14.5 Å². The molecule has 0 saturated heterocycles. The molecule has 166 valence electrons. The number of carbonyl (C=O) groups is 2. The maximum absolute atomic E-state index is 14.2. The van der Waals surface area contributed by atoms with Crippen LogP contribution >= 0.6 is 0 Å². The molecule has 0 aromatic heterocycles. The predicted octanol–water partition coefficient (Wildman–Crippen LogP) is 4.75. The summed E-state index contributed by atoms with van der Waals surface area (Å²) in [7, 11) is 1.58. The minimum absolute atomic E-state index is 0.270. The summed E-state index contributed by atoms with van der Waals surface area (Å²) < 4.78 is 11.7. The maximum Gasteiger partial charge on any atom is 0.298 e. The van der Waals surface area contributed by atoms with E-state index in [-0.39, 0.29) is 11.8 Å². The van der Waals surface area contributed by atoms with Gasteiger partial charge < -0.3 is 14.4 Å². The van der Waals surface area contributed by atoms with Gasteiger partial charge in [-0.2, -0.15) is 0 Å². The Morgan fingerprint density at radius 1 is 0.879 bits per heavy atom. The molecule has 2 aliphatic rings. The summed E-state index contributed by atoms with van der Waals surface area (Å²) in [5.74, 6) is 0.525. The Bertz CT molecular complexity index is 1270. The fourth-order valence-electron chi connectivity index (χ4n) is 4.48. The van der Waals surface area contributed by atoms with E-state index in [9.17, 15) is 9.59 Å². The average molecular weight is 440 g/mol. The lowest BCUT2D eigenvalue weighted by Gasteiger charge is -2.43. The molecule has 1 atom stereocenters. The molecule has 2 amide bonds. The molecule has 3 aromatic rings. The zero-order chi connectivity index (χ0) is 23.2. The van der Waals surface area contributed by atoms with Crippen molar-refractivity contribution < 1.29 is 19.1 Å². The number of fused-ring (bicyclic) bond motifs is 2. The van der Waals surface area contributed by atoms with Gasteiger partial charge >= 0.3 is 0 Å². The summed E-state index contributed by atoms with van der Waals surface area (Å²) in [5, 5.41) is 0. The molecule has 6 nitrogen and oxygen atoms in total. The van der Waals surface area contributed by atoms with Crippen LogP contribution in [0.5, 0.6) is 5.75 Å². The largest absolute Gasteiger partial charge is 0.497 e. The lowest BCUT2D eigenvalue weighted by molar-refractivity contribution is -0.145. The quantitative estimate of drug-likeness (QED) is 0.587. The van der Waals surface area contributed by atoms with Crippen LogP contribution in [0.4, 0.5) is 11.4 Å². The van der Waals surface area contributed by atoms with Crippen molar-refractivity contribution in [2.75, 3.05) is 16.9 Å². The van der Waals surface area contributed by atoms with Crippen LogP contribution in [-0.4, -0.2) is 18.9 Å². The molecule has 0 bridgehead atoms. The third-order valence-corrected chi connectivity index (χ3v) is 6.28. The number of anilines is 2. The van der Waals surface area contributed by atoms with Gasteiger partial charge in [-0.15, -0.1) is 0 Å². The molecule has 5 rings (SSSR count). The second-order valence-electron chi connectivity index (χ2n) is 8.16. The van der Waals surface area contributed by atoms with Gasteiger partial charge in [0.1, 0.15) is 11.5 Å². The Hall–Kier alpha value is -4.06. The van der Waals surface area contributed by atoms with Crippen molar-refractivity contribution in [2.24, 2.45) is 0 Å². The first-order chi connectivity index (χ1) is 16.0. The first kappa shape index (κ1) is 20.8. The van der Waals surface area contributed by atoms with Crippen LogP contribution in [0.25, 0.3) is 0 Å². The fourth-order valence-corrected chi connectivity index (χ4v) is 4.48. The number of carbonyl (C=O) groups excluding carboxylic acids is 2. The van der Waals surface area contributed by atoms with Gasteiger partial charge in [-0.3, -0.25) is 14.5 Å². The Kier molecular flexibility index (Phi) is 4.93. The molecule has 2 heterocycles. The van der Waals surface area contributed by atoms with Gasteiger partial charge in [0, 0.05) is 5.69 Å². The number of allylic oxidation sites excluding steroid dienone is 1. The Labute approximate surface area is 192 Å². The van der Waals surface area contributed by atoms with E-state index in [1.165, 1.54) is 4.90 Å². The molecule has 6 heteroatoms. The van der Waals surface area contributed by atoms with Crippen molar-refractivity contribution in [3.8, 4) is 5.75 Å². The van der Waals surface area contributed by atoms with Gasteiger partial charge in [0.15, 0.2) is 0 Å². The highest BCUT2D eigenvalue weighted by Crippen LogP contribution is 2.50. The molecule has 0 saturated carbocycles. The summed E-state index contributed by atoms with van der Waals surface area (Å²) in [6.07, 6.45) is 0. The first-order valence-electron chi connectivity index (χ1n) is 10.8. The number of rotatable bonds is 4. The van der Waals surface area contributed by atoms with Crippen LogP contribution in [-0.2, 0) is 26.6 Å². The van der Waals surface area contributed by atoms with Gasteiger partial charge in [-0.1, -0.05) is 48.5 Å². The maximum atomic E-state index is 14.2. The number of methoxy groups -OCH3 is 1. The monoisotopic (exact) mass is 440 g/mol. The van der Waals surface area contributed by atoms with Crippen molar-refractivity contribution in [2.45, 2.75) is 26.1 Å². The normalized spacial score (nSPS) is 19.7. The van der Waals surface area contributed by atoms with E-state index >= 15 is 0 Å².